The lowest BCUT2D eigenvalue weighted by molar-refractivity contribution is -0.128. The molecule has 34 heavy (non-hydrogen) atoms. The van der Waals surface area contributed by atoms with Gasteiger partial charge in [-0.1, -0.05) is 42.5 Å². The molecular weight excluding hydrogens is 448 g/mol. The minimum Gasteiger partial charge on any atom is -0.479 e. The number of amides is 2. The van der Waals surface area contributed by atoms with Crippen LogP contribution in [-0.2, 0) is 11.3 Å². The lowest BCUT2D eigenvalue weighted by Gasteiger charge is -2.24. The van der Waals surface area contributed by atoms with Crippen molar-refractivity contribution in [2.24, 2.45) is 5.10 Å². The summed E-state index contributed by atoms with van der Waals surface area (Å²) in [6.45, 7) is 0.544. The smallest absolute Gasteiger partial charge is 0.271 e. The first-order valence-corrected chi connectivity index (χ1v) is 11.7. The second-order valence-electron chi connectivity index (χ2n) is 7.51. The molecule has 1 N–H and O–H groups in total. The number of nitriles is 1. The van der Waals surface area contributed by atoms with E-state index in [9.17, 15) is 9.59 Å². The van der Waals surface area contributed by atoms with E-state index < -0.39 is 0 Å². The molecule has 0 aromatic heterocycles. The summed E-state index contributed by atoms with van der Waals surface area (Å²) in [4.78, 5) is 26.8. The molecule has 1 aliphatic heterocycles. The summed E-state index contributed by atoms with van der Waals surface area (Å²) in [5.41, 5.74) is 5.84. The van der Waals surface area contributed by atoms with Gasteiger partial charge in [-0.15, -0.1) is 11.8 Å². The van der Waals surface area contributed by atoms with Crippen LogP contribution >= 0.6 is 11.8 Å². The fraction of sp³-hybridized carbons (Fsp3) is 0.154. The Labute approximate surface area is 202 Å². The molecule has 1 aliphatic rings. The molecule has 4 rings (SSSR count). The van der Waals surface area contributed by atoms with Gasteiger partial charge in [0.15, 0.2) is 6.61 Å². The Morgan fingerprint density at radius 2 is 1.85 bits per heavy atom. The molecule has 3 aromatic carbocycles. The summed E-state index contributed by atoms with van der Waals surface area (Å²) in [7, 11) is 0. The van der Waals surface area contributed by atoms with E-state index in [1.807, 2.05) is 53.4 Å². The summed E-state index contributed by atoms with van der Waals surface area (Å²) in [5.74, 6) is 0.819. The Hall–Kier alpha value is -4.09. The number of hydrazone groups is 1. The van der Waals surface area contributed by atoms with Gasteiger partial charge in [-0.05, 0) is 53.1 Å². The number of nitrogens with one attached hydrogen (secondary N) is 1. The topological polar surface area (TPSA) is 94.8 Å². The highest BCUT2D eigenvalue weighted by Gasteiger charge is 2.32. The van der Waals surface area contributed by atoms with Crippen LogP contribution in [0.25, 0.3) is 0 Å². The fourth-order valence-corrected chi connectivity index (χ4v) is 4.66. The third-order valence-corrected chi connectivity index (χ3v) is 6.44. The van der Waals surface area contributed by atoms with E-state index in [0.717, 1.165) is 16.7 Å². The summed E-state index contributed by atoms with van der Waals surface area (Å²) < 4.78 is 5.20. The zero-order chi connectivity index (χ0) is 23.8. The first-order chi connectivity index (χ1) is 16.6. The fourth-order valence-electron chi connectivity index (χ4n) is 3.48. The van der Waals surface area contributed by atoms with Gasteiger partial charge in [0.25, 0.3) is 5.91 Å². The molecule has 1 fully saturated rings. The number of hydrogen-bond donors (Lipinski definition) is 1. The number of carbonyl (C=O) groups is 2. The Bertz CT molecular complexity index is 1210. The minimum absolute atomic E-state index is 0.0108. The minimum atomic E-state index is -0.326. The van der Waals surface area contributed by atoms with Gasteiger partial charge >= 0.3 is 0 Å². The number of benzene rings is 3. The molecule has 7 nitrogen and oxygen atoms in total. The summed E-state index contributed by atoms with van der Waals surface area (Å²) in [6, 6.07) is 26.1. The molecule has 1 saturated heterocycles. The standard InChI is InChI=1S/C26H22N4O3S/c27-14-15-33-23-12-6-19(7-13-23)16-28-29-25(32)21-8-10-22(11-9-21)26-30(24(31)18-34-26)17-20-4-2-1-3-5-20/h1-13,16,26H,15,17-18H2,(H,29,32)/b28-16+. The molecule has 0 radical (unpaired) electrons. The molecule has 0 aliphatic carbocycles. The summed E-state index contributed by atoms with van der Waals surface area (Å²) >= 11 is 1.59. The predicted octanol–water partition coefficient (Wildman–Crippen LogP) is 4.13. The monoisotopic (exact) mass is 470 g/mol. The molecular formula is C26H22N4O3S. The Kier molecular flexibility index (Phi) is 7.58. The van der Waals surface area contributed by atoms with E-state index in [-0.39, 0.29) is 23.8 Å². The normalized spacial score (nSPS) is 15.3. The number of ether oxygens (including phenoxy) is 1. The number of nitrogens with zero attached hydrogens (tertiary/aromatic N) is 3. The molecule has 170 valence electrons. The van der Waals surface area contributed by atoms with Gasteiger partial charge < -0.3 is 9.64 Å². The number of thioether (sulfide) groups is 1. The molecule has 0 spiro atoms. The van der Waals surface area contributed by atoms with Crippen molar-refractivity contribution in [1.82, 2.24) is 10.3 Å². The van der Waals surface area contributed by atoms with Crippen LogP contribution in [0.4, 0.5) is 0 Å². The van der Waals surface area contributed by atoms with Gasteiger partial charge in [-0.2, -0.15) is 10.4 Å². The zero-order valence-electron chi connectivity index (χ0n) is 18.3. The van der Waals surface area contributed by atoms with Crippen LogP contribution in [0.2, 0.25) is 0 Å². The molecule has 8 heteroatoms. The molecule has 0 bridgehead atoms. The molecule has 1 heterocycles. The van der Waals surface area contributed by atoms with Gasteiger partial charge in [0.05, 0.1) is 12.0 Å². The van der Waals surface area contributed by atoms with E-state index in [0.29, 0.717) is 23.6 Å². The molecule has 2 amide bonds. The van der Waals surface area contributed by atoms with Crippen LogP contribution in [0.15, 0.2) is 84.0 Å². The van der Waals surface area contributed by atoms with E-state index in [2.05, 4.69) is 10.5 Å². The molecule has 1 unspecified atom stereocenters. The highest BCUT2D eigenvalue weighted by Crippen LogP contribution is 2.39. The third kappa shape index (κ3) is 5.82. The highest BCUT2D eigenvalue weighted by molar-refractivity contribution is 8.00. The average Bonchev–Trinajstić information content (AvgIpc) is 3.24. The maximum Gasteiger partial charge on any atom is 0.271 e. The molecule has 3 aromatic rings. The summed E-state index contributed by atoms with van der Waals surface area (Å²) in [5, 5.41) is 12.5. The van der Waals surface area contributed by atoms with Crippen molar-refractivity contribution in [1.29, 1.82) is 5.26 Å². The van der Waals surface area contributed by atoms with Crippen LogP contribution in [0.3, 0.4) is 0 Å². The third-order valence-electron chi connectivity index (χ3n) is 5.19. The predicted molar refractivity (Wildman–Crippen MR) is 131 cm³/mol. The zero-order valence-corrected chi connectivity index (χ0v) is 19.1. The quantitative estimate of drug-likeness (QED) is 0.395. The first-order valence-electron chi connectivity index (χ1n) is 10.6. The lowest BCUT2D eigenvalue weighted by atomic mass is 10.1. The van der Waals surface area contributed by atoms with Gasteiger partial charge in [0, 0.05) is 12.1 Å². The van der Waals surface area contributed by atoms with Crippen molar-refractivity contribution in [3.05, 3.63) is 101 Å². The van der Waals surface area contributed by atoms with Crippen molar-refractivity contribution in [2.75, 3.05) is 12.4 Å². The van der Waals surface area contributed by atoms with Crippen molar-refractivity contribution in [3.8, 4) is 11.8 Å². The Morgan fingerprint density at radius 1 is 1.12 bits per heavy atom. The van der Waals surface area contributed by atoms with Crippen LogP contribution in [0.5, 0.6) is 5.75 Å². The largest absolute Gasteiger partial charge is 0.479 e. The van der Waals surface area contributed by atoms with Gasteiger partial charge in [-0.3, -0.25) is 9.59 Å². The SMILES string of the molecule is N#CCOc1ccc(/C=N/NC(=O)c2ccc(C3SCC(=O)N3Cc3ccccc3)cc2)cc1. The van der Waals surface area contributed by atoms with Gasteiger partial charge in [-0.25, -0.2) is 5.43 Å². The van der Waals surface area contributed by atoms with Crippen LogP contribution < -0.4 is 10.2 Å². The van der Waals surface area contributed by atoms with Crippen molar-refractivity contribution < 1.29 is 14.3 Å². The number of hydrogen-bond acceptors (Lipinski definition) is 6. The van der Waals surface area contributed by atoms with Crippen molar-refractivity contribution in [3.63, 3.8) is 0 Å². The lowest BCUT2D eigenvalue weighted by Crippen LogP contribution is -2.27. The van der Waals surface area contributed by atoms with Crippen LogP contribution in [-0.4, -0.2) is 35.3 Å². The van der Waals surface area contributed by atoms with Crippen molar-refractivity contribution in [2.45, 2.75) is 11.9 Å². The molecule has 0 saturated carbocycles. The first kappa shape index (κ1) is 23.1. The van der Waals surface area contributed by atoms with Crippen LogP contribution in [0.1, 0.15) is 32.4 Å². The van der Waals surface area contributed by atoms with Gasteiger partial charge in [0.1, 0.15) is 17.2 Å². The van der Waals surface area contributed by atoms with Gasteiger partial charge in [0.2, 0.25) is 5.91 Å². The second kappa shape index (κ2) is 11.2. The highest BCUT2D eigenvalue weighted by atomic mass is 32.2. The van der Waals surface area contributed by atoms with Crippen molar-refractivity contribution >= 4 is 29.8 Å². The maximum absolute atomic E-state index is 12.5. The number of rotatable bonds is 8. The number of carbonyl (C=O) groups excluding carboxylic acids is 2. The Balaban J connectivity index is 1.35. The second-order valence-corrected chi connectivity index (χ2v) is 8.58. The van der Waals surface area contributed by atoms with E-state index in [1.54, 1.807) is 48.2 Å². The van der Waals surface area contributed by atoms with Crippen LogP contribution in [0, 0.1) is 11.3 Å². The van der Waals surface area contributed by atoms with E-state index >= 15 is 0 Å². The Morgan fingerprint density at radius 3 is 2.56 bits per heavy atom. The average molecular weight is 471 g/mol. The maximum atomic E-state index is 12.5. The molecule has 1 atom stereocenters. The van der Waals surface area contributed by atoms with E-state index in [1.165, 1.54) is 6.21 Å². The summed E-state index contributed by atoms with van der Waals surface area (Å²) in [6.07, 6.45) is 1.53. The van der Waals surface area contributed by atoms with E-state index in [4.69, 9.17) is 10.00 Å².